The molecule has 120 valence electrons. The fourth-order valence-electron chi connectivity index (χ4n) is 3.02. The molecule has 1 saturated heterocycles. The minimum absolute atomic E-state index is 0.0813. The molecule has 4 nitrogen and oxygen atoms in total. The normalized spacial score (nSPS) is 20.7. The van der Waals surface area contributed by atoms with Gasteiger partial charge in [0.25, 0.3) is 5.91 Å². The van der Waals surface area contributed by atoms with Gasteiger partial charge in [-0.3, -0.25) is 9.59 Å². The van der Waals surface area contributed by atoms with Gasteiger partial charge in [-0.1, -0.05) is 6.07 Å². The van der Waals surface area contributed by atoms with Gasteiger partial charge in [0.2, 0.25) is 5.91 Å². The largest absolute Gasteiger partial charge is 0.330 e. The van der Waals surface area contributed by atoms with Gasteiger partial charge in [0.15, 0.2) is 0 Å². The predicted molar refractivity (Wildman–Crippen MR) is 93.0 cm³/mol. The van der Waals surface area contributed by atoms with E-state index in [-0.39, 0.29) is 23.8 Å². The number of hydrogen-bond acceptors (Lipinski definition) is 4. The molecule has 3 heterocycles. The first-order chi connectivity index (χ1) is 11.2. The molecule has 2 aromatic rings. The van der Waals surface area contributed by atoms with Crippen LogP contribution in [0.25, 0.3) is 0 Å². The molecule has 2 amide bonds. The average molecular weight is 346 g/mol. The maximum absolute atomic E-state index is 12.8. The van der Waals surface area contributed by atoms with Gasteiger partial charge in [-0.15, -0.1) is 22.7 Å². The van der Waals surface area contributed by atoms with Gasteiger partial charge in [0, 0.05) is 17.3 Å². The highest BCUT2D eigenvalue weighted by Crippen LogP contribution is 2.37. The Morgan fingerprint density at radius 2 is 2.04 bits per heavy atom. The van der Waals surface area contributed by atoms with Crippen molar-refractivity contribution in [3.05, 3.63) is 39.4 Å². The number of rotatable bonds is 4. The SMILES string of the molecule is O=C(Nc1ccc(C(=O)N2CCC[C@H]2c2cccs2)s1)C1CC1. The molecule has 2 aliphatic rings. The zero-order valence-corrected chi connectivity index (χ0v) is 14.3. The van der Waals surface area contributed by atoms with Crippen LogP contribution in [0.1, 0.15) is 46.3 Å². The van der Waals surface area contributed by atoms with Crippen LogP contribution in [0.15, 0.2) is 29.6 Å². The summed E-state index contributed by atoms with van der Waals surface area (Å²) in [7, 11) is 0. The Kier molecular flexibility index (Phi) is 3.95. The van der Waals surface area contributed by atoms with Crippen molar-refractivity contribution in [3.63, 3.8) is 0 Å². The summed E-state index contributed by atoms with van der Waals surface area (Å²) >= 11 is 3.09. The van der Waals surface area contributed by atoms with E-state index in [9.17, 15) is 9.59 Å². The van der Waals surface area contributed by atoms with Crippen molar-refractivity contribution in [1.29, 1.82) is 0 Å². The summed E-state index contributed by atoms with van der Waals surface area (Å²) in [5.41, 5.74) is 0. The Bertz CT molecular complexity index is 719. The molecule has 1 aliphatic carbocycles. The Morgan fingerprint density at radius 1 is 1.17 bits per heavy atom. The summed E-state index contributed by atoms with van der Waals surface area (Å²) in [5.74, 6) is 0.347. The molecule has 1 aliphatic heterocycles. The van der Waals surface area contributed by atoms with Crippen LogP contribution >= 0.6 is 22.7 Å². The van der Waals surface area contributed by atoms with Crippen LogP contribution in [0.2, 0.25) is 0 Å². The molecule has 1 saturated carbocycles. The number of hydrogen-bond donors (Lipinski definition) is 1. The van der Waals surface area contributed by atoms with Crippen LogP contribution in [0.4, 0.5) is 5.00 Å². The van der Waals surface area contributed by atoms with E-state index in [4.69, 9.17) is 0 Å². The summed E-state index contributed by atoms with van der Waals surface area (Å²) in [4.78, 5) is 28.6. The number of amides is 2. The zero-order valence-electron chi connectivity index (χ0n) is 12.7. The van der Waals surface area contributed by atoms with E-state index in [1.165, 1.54) is 16.2 Å². The van der Waals surface area contributed by atoms with Crippen molar-refractivity contribution >= 4 is 39.5 Å². The molecule has 2 aromatic heterocycles. The van der Waals surface area contributed by atoms with Crippen LogP contribution in [-0.4, -0.2) is 23.3 Å². The second-order valence-electron chi connectivity index (χ2n) is 6.10. The van der Waals surface area contributed by atoms with E-state index in [1.807, 2.05) is 23.1 Å². The molecular formula is C17H18N2O2S2. The summed E-state index contributed by atoms with van der Waals surface area (Å²) in [6.07, 6.45) is 4.05. The zero-order chi connectivity index (χ0) is 15.8. The maximum atomic E-state index is 12.8. The molecule has 0 aromatic carbocycles. The first-order valence-corrected chi connectivity index (χ1v) is 9.67. The lowest BCUT2D eigenvalue weighted by molar-refractivity contribution is -0.117. The Morgan fingerprint density at radius 3 is 2.78 bits per heavy atom. The van der Waals surface area contributed by atoms with Crippen LogP contribution in [-0.2, 0) is 4.79 Å². The van der Waals surface area contributed by atoms with Gasteiger partial charge in [-0.25, -0.2) is 0 Å². The Hall–Kier alpha value is -1.66. The third kappa shape index (κ3) is 3.05. The fraction of sp³-hybridized carbons (Fsp3) is 0.412. The highest BCUT2D eigenvalue weighted by molar-refractivity contribution is 7.18. The topological polar surface area (TPSA) is 49.4 Å². The lowest BCUT2D eigenvalue weighted by Crippen LogP contribution is -2.29. The number of nitrogens with one attached hydrogen (secondary N) is 1. The first-order valence-electron chi connectivity index (χ1n) is 7.97. The van der Waals surface area contributed by atoms with Crippen LogP contribution < -0.4 is 5.32 Å². The molecule has 0 spiro atoms. The van der Waals surface area contributed by atoms with E-state index < -0.39 is 0 Å². The highest BCUT2D eigenvalue weighted by Gasteiger charge is 2.32. The number of thiophene rings is 2. The van der Waals surface area contributed by atoms with Gasteiger partial charge in [0.05, 0.1) is 15.9 Å². The van der Waals surface area contributed by atoms with Crippen LogP contribution in [0.3, 0.4) is 0 Å². The minimum Gasteiger partial charge on any atom is -0.330 e. The second-order valence-corrected chi connectivity index (χ2v) is 8.16. The summed E-state index contributed by atoms with van der Waals surface area (Å²) in [5, 5.41) is 5.76. The van der Waals surface area contributed by atoms with E-state index in [0.717, 1.165) is 37.2 Å². The first kappa shape index (κ1) is 14.9. The van der Waals surface area contributed by atoms with E-state index in [0.29, 0.717) is 4.88 Å². The summed E-state index contributed by atoms with van der Waals surface area (Å²) in [6, 6.07) is 8.02. The average Bonchev–Trinajstić information content (AvgIpc) is 2.99. The van der Waals surface area contributed by atoms with Gasteiger partial charge >= 0.3 is 0 Å². The Labute approximate surface area is 143 Å². The van der Waals surface area contributed by atoms with Crippen molar-refractivity contribution in [2.45, 2.75) is 31.7 Å². The fourth-order valence-corrected chi connectivity index (χ4v) is 4.76. The number of likely N-dealkylation sites (tertiary alicyclic amines) is 1. The molecule has 2 fully saturated rings. The van der Waals surface area contributed by atoms with Crippen molar-refractivity contribution in [2.75, 3.05) is 11.9 Å². The number of carbonyl (C=O) groups excluding carboxylic acids is 2. The third-order valence-electron chi connectivity index (χ3n) is 4.40. The number of carbonyl (C=O) groups is 2. The van der Waals surface area contributed by atoms with Crippen molar-refractivity contribution in [1.82, 2.24) is 4.90 Å². The lowest BCUT2D eigenvalue weighted by Gasteiger charge is -2.23. The monoisotopic (exact) mass is 346 g/mol. The molecule has 4 rings (SSSR count). The highest BCUT2D eigenvalue weighted by atomic mass is 32.1. The van der Waals surface area contributed by atoms with Gasteiger partial charge < -0.3 is 10.2 Å². The van der Waals surface area contributed by atoms with Gasteiger partial charge in [-0.2, -0.15) is 0 Å². The summed E-state index contributed by atoms with van der Waals surface area (Å²) < 4.78 is 0. The van der Waals surface area contributed by atoms with Crippen molar-refractivity contribution < 1.29 is 9.59 Å². The molecule has 6 heteroatoms. The summed E-state index contributed by atoms with van der Waals surface area (Å²) in [6.45, 7) is 0.809. The quantitative estimate of drug-likeness (QED) is 0.905. The lowest BCUT2D eigenvalue weighted by atomic mass is 10.2. The molecule has 23 heavy (non-hydrogen) atoms. The molecule has 1 atom stereocenters. The number of anilines is 1. The standard InChI is InChI=1S/C17H18N2O2S2/c20-16(11-5-6-11)18-15-8-7-14(23-15)17(21)19-9-1-3-12(19)13-4-2-10-22-13/h2,4,7-8,10-12H,1,3,5-6,9H2,(H,18,20)/t12-/m0/s1. The number of nitrogens with zero attached hydrogens (tertiary/aromatic N) is 1. The Balaban J connectivity index is 1.48. The van der Waals surface area contributed by atoms with Crippen LogP contribution in [0.5, 0.6) is 0 Å². The van der Waals surface area contributed by atoms with Crippen LogP contribution in [0, 0.1) is 5.92 Å². The van der Waals surface area contributed by atoms with Crippen molar-refractivity contribution in [3.8, 4) is 0 Å². The molecular weight excluding hydrogens is 328 g/mol. The van der Waals surface area contributed by atoms with E-state index >= 15 is 0 Å². The minimum atomic E-state index is 0.0813. The van der Waals surface area contributed by atoms with Crippen molar-refractivity contribution in [2.24, 2.45) is 5.92 Å². The van der Waals surface area contributed by atoms with Gasteiger partial charge in [0.1, 0.15) is 0 Å². The van der Waals surface area contributed by atoms with E-state index in [2.05, 4.69) is 16.8 Å². The van der Waals surface area contributed by atoms with E-state index in [1.54, 1.807) is 11.3 Å². The maximum Gasteiger partial charge on any atom is 0.264 e. The van der Waals surface area contributed by atoms with Gasteiger partial charge in [-0.05, 0) is 49.3 Å². The second kappa shape index (κ2) is 6.09. The molecule has 0 unspecified atom stereocenters. The predicted octanol–water partition coefficient (Wildman–Crippen LogP) is 4.14. The smallest absolute Gasteiger partial charge is 0.264 e. The molecule has 1 N–H and O–H groups in total. The molecule has 0 bridgehead atoms. The molecule has 0 radical (unpaired) electrons. The third-order valence-corrected chi connectivity index (χ3v) is 6.36.